The molecular weight excluding hydrogens is 420 g/mol. The average Bonchev–Trinajstić information content (AvgIpc) is 3.08. The molecule has 2 rings (SSSR count). The van der Waals surface area contributed by atoms with Gasteiger partial charge in [0.2, 0.25) is 6.56 Å². The summed E-state index contributed by atoms with van der Waals surface area (Å²) in [6.45, 7) is -5.56. The van der Waals surface area contributed by atoms with Gasteiger partial charge in [-0.25, -0.2) is 9.78 Å². The van der Waals surface area contributed by atoms with E-state index in [1.807, 2.05) is 0 Å². The normalized spacial score (nSPS) is 26.3. The van der Waals surface area contributed by atoms with Gasteiger partial charge in [-0.3, -0.25) is 14.1 Å². The fourth-order valence-corrected chi connectivity index (χ4v) is 3.17. The van der Waals surface area contributed by atoms with E-state index in [9.17, 15) is 22.8 Å². The Morgan fingerprint density at radius 2 is 2.29 bits per heavy atom. The maximum atomic E-state index is 12.9. The van der Waals surface area contributed by atoms with E-state index in [2.05, 4.69) is 19.3 Å². The standard InChI is InChI=1S/C13H16N4O9S2/c1-13(2)6(11(21)17(13)26-28(22,23)24)3-8(18)10(16-25-4-9(19)20)7-5-27-12(14)15-7/h5-6H,3-4H2,1-2H3,(H2,14,15)(H,19,20)(H,22,23,24)/b16-10-/t6-/m1/s1/i1D3,4D2/t6-,13+. The highest BCUT2D eigenvalue weighted by atomic mass is 32.3. The second-order valence-electron chi connectivity index (χ2n) is 5.47. The summed E-state index contributed by atoms with van der Waals surface area (Å²) in [5, 5.41) is 13.0. The predicted octanol–water partition coefficient (Wildman–Crippen LogP) is -0.539. The van der Waals surface area contributed by atoms with E-state index >= 15 is 0 Å². The number of carbonyl (C=O) groups is 3. The number of carbonyl (C=O) groups excluding carboxylic acids is 2. The number of hydroxylamine groups is 2. The van der Waals surface area contributed by atoms with Crippen LogP contribution in [0.5, 0.6) is 0 Å². The van der Waals surface area contributed by atoms with Crippen LogP contribution in [0, 0.1) is 5.92 Å². The quantitative estimate of drug-likeness (QED) is 0.192. The molecule has 1 saturated heterocycles. The molecule has 1 amide bonds. The second-order valence-corrected chi connectivity index (χ2v) is 7.37. The number of thiazole rings is 1. The van der Waals surface area contributed by atoms with Crippen molar-refractivity contribution in [2.45, 2.75) is 25.7 Å². The molecule has 4 N–H and O–H groups in total. The zero-order valence-corrected chi connectivity index (χ0v) is 15.5. The number of hydrogen-bond acceptors (Lipinski definition) is 11. The van der Waals surface area contributed by atoms with Gasteiger partial charge in [0.05, 0.1) is 14.2 Å². The molecule has 0 aliphatic carbocycles. The van der Waals surface area contributed by atoms with Gasteiger partial charge in [-0.05, 0) is 13.8 Å². The molecule has 0 aromatic carbocycles. The van der Waals surface area contributed by atoms with Crippen LogP contribution >= 0.6 is 11.3 Å². The van der Waals surface area contributed by atoms with Crippen LogP contribution in [0.2, 0.25) is 0 Å². The molecule has 13 nitrogen and oxygen atoms in total. The molecule has 1 aliphatic heterocycles. The summed E-state index contributed by atoms with van der Waals surface area (Å²) >= 11 is 0.828. The second kappa shape index (κ2) is 7.78. The minimum Gasteiger partial charge on any atom is -0.479 e. The number of nitrogens with two attached hydrogens (primary N) is 1. The molecule has 2 atom stereocenters. The monoisotopic (exact) mass is 441 g/mol. The van der Waals surface area contributed by atoms with Gasteiger partial charge in [0.15, 0.2) is 16.6 Å². The smallest absolute Gasteiger partial charge is 0.418 e. The van der Waals surface area contributed by atoms with Crippen molar-refractivity contribution in [1.29, 1.82) is 0 Å². The Morgan fingerprint density at radius 3 is 2.79 bits per heavy atom. The molecule has 154 valence electrons. The van der Waals surface area contributed by atoms with Crippen LogP contribution in [0.25, 0.3) is 0 Å². The number of anilines is 1. The first-order valence-electron chi connectivity index (χ1n) is 9.56. The summed E-state index contributed by atoms with van der Waals surface area (Å²) in [5.41, 5.74) is 2.04. The Morgan fingerprint density at radius 1 is 1.61 bits per heavy atom. The Labute approximate surface area is 169 Å². The molecule has 2 heterocycles. The fraction of sp³-hybridized carbons (Fsp3) is 0.462. The number of aliphatic carboxylic acids is 1. The average molecular weight is 441 g/mol. The van der Waals surface area contributed by atoms with Crippen LogP contribution in [-0.2, 0) is 33.9 Å². The maximum absolute atomic E-state index is 12.9. The number of oxime groups is 1. The number of hydrogen-bond donors (Lipinski definition) is 3. The lowest BCUT2D eigenvalue weighted by molar-refractivity contribution is -0.228. The Hall–Kier alpha value is -2.62. The zero-order chi connectivity index (χ0) is 25.6. The van der Waals surface area contributed by atoms with E-state index in [1.165, 1.54) is 5.38 Å². The molecule has 1 aromatic heterocycles. The first-order chi connectivity index (χ1) is 14.8. The Kier molecular flexibility index (Phi) is 4.26. The Balaban J connectivity index is 2.42. The van der Waals surface area contributed by atoms with Crippen LogP contribution < -0.4 is 5.73 Å². The molecule has 1 aliphatic rings. The molecule has 0 unspecified atom stereocenters. The van der Waals surface area contributed by atoms with Gasteiger partial charge in [-0.2, -0.15) is 13.5 Å². The number of ketones is 1. The third-order valence-electron chi connectivity index (χ3n) is 3.46. The van der Waals surface area contributed by atoms with Gasteiger partial charge in [-0.1, -0.05) is 5.16 Å². The number of amides is 1. The third-order valence-corrected chi connectivity index (χ3v) is 4.47. The summed E-state index contributed by atoms with van der Waals surface area (Å²) in [7, 11) is -5.28. The molecular formula is C13H16N4O9S2. The van der Waals surface area contributed by atoms with E-state index in [1.54, 1.807) is 0 Å². The van der Waals surface area contributed by atoms with E-state index in [0.29, 0.717) is 0 Å². The SMILES string of the molecule is [2H]C([2H])(O/N=C(\C(=O)C[C@@H]1C(=O)N(OS(=O)(=O)O)[C@]1(C)C([2H])([2H])[2H])c1csc(N)n1)C(=O)O. The summed E-state index contributed by atoms with van der Waals surface area (Å²) < 4.78 is 72.3. The minimum absolute atomic E-state index is 0.0634. The van der Waals surface area contributed by atoms with Crippen molar-refractivity contribution in [3.05, 3.63) is 11.1 Å². The molecule has 0 radical (unpaired) electrons. The van der Waals surface area contributed by atoms with Crippen LogP contribution in [0.1, 0.15) is 32.7 Å². The highest BCUT2D eigenvalue weighted by molar-refractivity contribution is 7.80. The molecule has 0 bridgehead atoms. The molecule has 1 aromatic rings. The van der Waals surface area contributed by atoms with Gasteiger partial charge in [0.1, 0.15) is 5.69 Å². The number of carboxylic acid groups (broad SMARTS) is 1. The van der Waals surface area contributed by atoms with E-state index < -0.39 is 65.1 Å². The van der Waals surface area contributed by atoms with Crippen molar-refractivity contribution < 1.29 is 48.4 Å². The topological polar surface area (TPSA) is 199 Å². The minimum atomic E-state index is -5.28. The fourth-order valence-electron chi connectivity index (χ4n) is 2.21. The molecule has 1 fully saturated rings. The van der Waals surface area contributed by atoms with Crippen molar-refractivity contribution in [1.82, 2.24) is 10.0 Å². The van der Waals surface area contributed by atoms with Crippen molar-refractivity contribution in [2.24, 2.45) is 11.1 Å². The lowest BCUT2D eigenvalue weighted by Gasteiger charge is -2.50. The number of Topliss-reactive ketones (excluding diaryl/α,β-unsaturated/α-hetero) is 1. The van der Waals surface area contributed by atoms with Crippen molar-refractivity contribution in [3.63, 3.8) is 0 Å². The largest absolute Gasteiger partial charge is 0.479 e. The number of carboxylic acids is 1. The molecule has 15 heteroatoms. The first kappa shape index (κ1) is 15.3. The van der Waals surface area contributed by atoms with E-state index in [0.717, 1.165) is 18.3 Å². The van der Waals surface area contributed by atoms with Crippen molar-refractivity contribution in [2.75, 3.05) is 12.3 Å². The summed E-state index contributed by atoms with van der Waals surface area (Å²) in [4.78, 5) is 44.2. The van der Waals surface area contributed by atoms with E-state index in [4.69, 9.17) is 22.2 Å². The van der Waals surface area contributed by atoms with Crippen LogP contribution in [-0.4, -0.2) is 63.6 Å². The maximum Gasteiger partial charge on any atom is 0.418 e. The summed E-state index contributed by atoms with van der Waals surface area (Å²) in [5.74, 6) is -6.20. The summed E-state index contributed by atoms with van der Waals surface area (Å²) in [6.07, 6.45) is -0.936. The van der Waals surface area contributed by atoms with Crippen molar-refractivity contribution >= 4 is 50.2 Å². The number of rotatable bonds is 9. The number of β-lactam (4-membered cyclic amide) rings is 1. The molecule has 0 spiro atoms. The van der Waals surface area contributed by atoms with Gasteiger partial charge in [0, 0.05) is 15.9 Å². The third kappa shape index (κ3) is 4.80. The van der Waals surface area contributed by atoms with E-state index in [-0.39, 0.29) is 15.9 Å². The van der Waals surface area contributed by atoms with Gasteiger partial charge in [-0.15, -0.1) is 15.6 Å². The predicted molar refractivity (Wildman–Crippen MR) is 93.3 cm³/mol. The molecule has 28 heavy (non-hydrogen) atoms. The summed E-state index contributed by atoms with van der Waals surface area (Å²) in [6, 6.07) is 0. The lowest BCUT2D eigenvalue weighted by atomic mass is 9.74. The van der Waals surface area contributed by atoms with Gasteiger partial charge < -0.3 is 15.7 Å². The van der Waals surface area contributed by atoms with Crippen molar-refractivity contribution in [3.8, 4) is 0 Å². The van der Waals surface area contributed by atoms with Crippen LogP contribution in [0.4, 0.5) is 5.13 Å². The highest BCUT2D eigenvalue weighted by Crippen LogP contribution is 2.40. The van der Waals surface area contributed by atoms with Crippen LogP contribution in [0.3, 0.4) is 0 Å². The Bertz CT molecular complexity index is 1120. The molecule has 0 saturated carbocycles. The lowest BCUT2D eigenvalue weighted by Crippen LogP contribution is -2.68. The first-order valence-corrected chi connectivity index (χ1v) is 9.31. The number of nitrogen functional groups attached to an aromatic ring is 1. The number of aromatic nitrogens is 1. The van der Waals surface area contributed by atoms with Gasteiger partial charge >= 0.3 is 16.4 Å². The van der Waals surface area contributed by atoms with Gasteiger partial charge in [0.25, 0.3) is 5.91 Å². The van der Waals surface area contributed by atoms with Crippen LogP contribution in [0.15, 0.2) is 10.5 Å². The zero-order valence-electron chi connectivity index (χ0n) is 18.8. The highest BCUT2D eigenvalue weighted by Gasteiger charge is 2.57. The number of nitrogens with zero attached hydrogens (tertiary/aromatic N) is 3.